The van der Waals surface area contributed by atoms with Crippen LogP contribution in [0.5, 0.6) is 5.75 Å². The smallest absolute Gasteiger partial charge is 0.295 e. The molecule has 0 saturated carbocycles. The quantitative estimate of drug-likeness (QED) is 0.392. The fourth-order valence-electron chi connectivity index (χ4n) is 4.64. The molecule has 33 heavy (non-hydrogen) atoms. The molecule has 2 atom stereocenters. The van der Waals surface area contributed by atoms with Crippen molar-refractivity contribution in [3.63, 3.8) is 0 Å². The molecule has 0 bridgehead atoms. The summed E-state index contributed by atoms with van der Waals surface area (Å²) in [5.41, 5.74) is 1.44. The molecule has 0 spiro atoms. The Labute approximate surface area is 193 Å². The fraction of sp³-hybridized carbons (Fsp3) is 0.385. The lowest BCUT2D eigenvalue weighted by atomic mass is 9.94. The van der Waals surface area contributed by atoms with Crippen LogP contribution in [0.1, 0.15) is 43.5 Å². The molecule has 0 aliphatic carbocycles. The summed E-state index contributed by atoms with van der Waals surface area (Å²) in [5.74, 6) is -1.61. The lowest BCUT2D eigenvalue weighted by Gasteiger charge is -2.28. The van der Waals surface area contributed by atoms with Gasteiger partial charge in [0.15, 0.2) is 0 Å². The third kappa shape index (κ3) is 4.25. The number of hydrogen-bond donors (Lipinski definition) is 1. The van der Waals surface area contributed by atoms with E-state index < -0.39 is 23.5 Å². The number of ether oxygens (including phenoxy) is 1. The first-order chi connectivity index (χ1) is 15.8. The molecule has 7 heteroatoms. The van der Waals surface area contributed by atoms with Gasteiger partial charge in [0.1, 0.15) is 23.4 Å². The number of likely N-dealkylation sites (tertiary alicyclic amines) is 1. The number of carbonyl (C=O) groups excluding carboxylic acids is 2. The van der Waals surface area contributed by atoms with E-state index in [-0.39, 0.29) is 29.5 Å². The Hall–Kier alpha value is -3.19. The number of nitrogens with zero attached hydrogens (tertiary/aromatic N) is 2. The Bertz CT molecular complexity index is 1110. The Morgan fingerprint density at radius 3 is 2.61 bits per heavy atom. The molecule has 1 amide bonds. The topological polar surface area (TPSA) is 70.1 Å². The van der Waals surface area contributed by atoms with Crippen LogP contribution in [-0.2, 0) is 16.0 Å². The molecule has 1 saturated heterocycles. The largest absolute Gasteiger partial charge is 0.507 e. The van der Waals surface area contributed by atoms with Crippen molar-refractivity contribution < 1.29 is 23.8 Å². The molecular weight excluding hydrogens is 423 g/mol. The molecule has 1 N–H and O–H groups in total. The van der Waals surface area contributed by atoms with Crippen LogP contribution in [0.4, 0.5) is 4.39 Å². The number of hydrogen-bond acceptors (Lipinski definition) is 5. The second kappa shape index (κ2) is 9.35. The number of carbonyl (C=O) groups is 2. The number of fused-ring (bicyclic) bond motifs is 1. The lowest BCUT2D eigenvalue weighted by molar-refractivity contribution is -0.140. The van der Waals surface area contributed by atoms with Gasteiger partial charge in [-0.1, -0.05) is 32.0 Å². The maximum absolute atomic E-state index is 14.9. The number of ketones is 1. The normalized spacial score (nSPS) is 21.5. The average molecular weight is 453 g/mol. The van der Waals surface area contributed by atoms with Gasteiger partial charge in [-0.2, -0.15) is 0 Å². The number of Topliss-reactive ketones (excluding diaryl/α,β-unsaturated/α-hetero) is 1. The van der Waals surface area contributed by atoms with E-state index in [4.69, 9.17) is 4.74 Å². The zero-order chi connectivity index (χ0) is 23.7. The van der Waals surface area contributed by atoms with E-state index in [1.54, 1.807) is 36.4 Å². The van der Waals surface area contributed by atoms with Crippen LogP contribution in [-0.4, -0.2) is 58.9 Å². The lowest BCUT2D eigenvalue weighted by Crippen LogP contribution is -2.38. The van der Waals surface area contributed by atoms with Crippen molar-refractivity contribution in [2.24, 2.45) is 0 Å². The standard InChI is InChI=1S/C26H29FN2O4/c1-4-28(5-2)12-13-29-23(19-8-6-7-9-20(19)27)22(25(31)26(29)32)24(30)17-10-11-21-18(15-17)14-16(3)33-21/h6-11,15-16,23,30H,4-5,12-14H2,1-3H3/t16-,23+/m1/s1. The average Bonchev–Trinajstić information content (AvgIpc) is 3.30. The molecule has 0 aromatic heterocycles. The van der Waals surface area contributed by atoms with Crippen LogP contribution in [0.25, 0.3) is 5.76 Å². The maximum Gasteiger partial charge on any atom is 0.295 e. The highest BCUT2D eigenvalue weighted by Crippen LogP contribution is 2.41. The highest BCUT2D eigenvalue weighted by atomic mass is 19.1. The molecule has 2 heterocycles. The summed E-state index contributed by atoms with van der Waals surface area (Å²) in [4.78, 5) is 29.7. The Morgan fingerprint density at radius 2 is 1.91 bits per heavy atom. The van der Waals surface area contributed by atoms with E-state index in [0.29, 0.717) is 18.5 Å². The first-order valence-corrected chi connectivity index (χ1v) is 11.4. The third-order valence-corrected chi connectivity index (χ3v) is 6.46. The fourth-order valence-corrected chi connectivity index (χ4v) is 4.64. The van der Waals surface area contributed by atoms with E-state index in [1.807, 2.05) is 20.8 Å². The minimum Gasteiger partial charge on any atom is -0.507 e. The van der Waals surface area contributed by atoms with Gasteiger partial charge in [-0.3, -0.25) is 9.59 Å². The number of benzene rings is 2. The molecule has 2 aliphatic heterocycles. The molecule has 1 fully saturated rings. The number of rotatable bonds is 7. The van der Waals surface area contributed by atoms with Gasteiger partial charge in [-0.05, 0) is 49.8 Å². The zero-order valence-corrected chi connectivity index (χ0v) is 19.2. The molecule has 6 nitrogen and oxygen atoms in total. The Balaban J connectivity index is 1.80. The van der Waals surface area contributed by atoms with Gasteiger partial charge in [0.25, 0.3) is 11.7 Å². The number of amides is 1. The van der Waals surface area contributed by atoms with Gasteiger partial charge < -0.3 is 19.6 Å². The number of halogens is 1. The zero-order valence-electron chi connectivity index (χ0n) is 19.2. The Morgan fingerprint density at radius 1 is 1.18 bits per heavy atom. The minimum atomic E-state index is -0.995. The molecular formula is C26H29FN2O4. The third-order valence-electron chi connectivity index (χ3n) is 6.46. The van der Waals surface area contributed by atoms with Crippen molar-refractivity contribution in [2.75, 3.05) is 26.2 Å². The Kier molecular flexibility index (Phi) is 6.51. The molecule has 0 radical (unpaired) electrons. The second-order valence-electron chi connectivity index (χ2n) is 8.50. The minimum absolute atomic E-state index is 0.0291. The van der Waals surface area contributed by atoms with Gasteiger partial charge in [0.05, 0.1) is 11.6 Å². The summed E-state index contributed by atoms with van der Waals surface area (Å²) < 4.78 is 20.6. The van der Waals surface area contributed by atoms with Crippen LogP contribution < -0.4 is 4.74 Å². The van der Waals surface area contributed by atoms with Gasteiger partial charge in [0, 0.05) is 30.6 Å². The van der Waals surface area contributed by atoms with E-state index in [1.165, 1.54) is 11.0 Å². The summed E-state index contributed by atoms with van der Waals surface area (Å²) in [7, 11) is 0. The van der Waals surface area contributed by atoms with Crippen LogP contribution in [0, 0.1) is 5.82 Å². The summed E-state index contributed by atoms with van der Waals surface area (Å²) in [6.07, 6.45) is 0.715. The van der Waals surface area contributed by atoms with Gasteiger partial charge in [-0.15, -0.1) is 0 Å². The molecule has 2 aliphatic rings. The predicted octanol–water partition coefficient (Wildman–Crippen LogP) is 3.91. The van der Waals surface area contributed by atoms with E-state index in [0.717, 1.165) is 24.4 Å². The van der Waals surface area contributed by atoms with Crippen molar-refractivity contribution in [3.8, 4) is 5.75 Å². The molecule has 174 valence electrons. The number of aliphatic hydroxyl groups excluding tert-OH is 1. The van der Waals surface area contributed by atoms with Crippen LogP contribution in [0.3, 0.4) is 0 Å². The summed E-state index contributed by atoms with van der Waals surface area (Å²) in [6, 6.07) is 10.3. The first-order valence-electron chi connectivity index (χ1n) is 11.4. The molecule has 4 rings (SSSR count). The predicted molar refractivity (Wildman–Crippen MR) is 123 cm³/mol. The van der Waals surface area contributed by atoms with Crippen molar-refractivity contribution in [1.29, 1.82) is 0 Å². The van der Waals surface area contributed by atoms with Crippen molar-refractivity contribution in [1.82, 2.24) is 9.80 Å². The van der Waals surface area contributed by atoms with Crippen LogP contribution in [0.2, 0.25) is 0 Å². The number of aliphatic hydroxyl groups is 1. The van der Waals surface area contributed by atoms with Gasteiger partial charge in [-0.25, -0.2) is 4.39 Å². The monoisotopic (exact) mass is 452 g/mol. The SMILES string of the molecule is CCN(CC)CCN1C(=O)C(=O)C(=C(O)c2ccc3c(c2)C[C@@H](C)O3)[C@@H]1c1ccccc1F. The summed E-state index contributed by atoms with van der Waals surface area (Å²) in [6.45, 7) is 8.37. The van der Waals surface area contributed by atoms with Gasteiger partial charge >= 0.3 is 0 Å². The highest BCUT2D eigenvalue weighted by molar-refractivity contribution is 6.46. The number of likely N-dealkylation sites (N-methyl/N-ethyl adjacent to an activating group) is 1. The maximum atomic E-state index is 14.9. The molecule has 0 unspecified atom stereocenters. The summed E-state index contributed by atoms with van der Waals surface area (Å²) in [5, 5.41) is 11.2. The second-order valence-corrected chi connectivity index (χ2v) is 8.50. The van der Waals surface area contributed by atoms with Crippen molar-refractivity contribution >= 4 is 17.4 Å². The van der Waals surface area contributed by atoms with Crippen LogP contribution in [0.15, 0.2) is 48.0 Å². The first kappa shape index (κ1) is 23.0. The van der Waals surface area contributed by atoms with E-state index >= 15 is 0 Å². The van der Waals surface area contributed by atoms with E-state index in [9.17, 15) is 19.1 Å². The molecule has 2 aromatic rings. The summed E-state index contributed by atoms with van der Waals surface area (Å²) >= 11 is 0. The van der Waals surface area contributed by atoms with Crippen molar-refractivity contribution in [2.45, 2.75) is 39.3 Å². The highest BCUT2D eigenvalue weighted by Gasteiger charge is 2.46. The van der Waals surface area contributed by atoms with E-state index in [2.05, 4.69) is 4.90 Å². The molecule has 2 aromatic carbocycles. The van der Waals surface area contributed by atoms with Crippen molar-refractivity contribution in [3.05, 3.63) is 70.5 Å². The van der Waals surface area contributed by atoms with Gasteiger partial charge in [0.2, 0.25) is 0 Å². The van der Waals surface area contributed by atoms with Crippen LogP contribution >= 0.6 is 0 Å².